The number of rotatable bonds is 4. The number of piperidine rings is 1. The number of hydrogen-bond donors (Lipinski definition) is 0. The minimum absolute atomic E-state index is 0.0740. The van der Waals surface area contributed by atoms with Gasteiger partial charge in [0.05, 0.1) is 29.3 Å². The number of carbonyl (C=O) groups is 3. The summed E-state index contributed by atoms with van der Waals surface area (Å²) in [6.07, 6.45) is 1.75. The first kappa shape index (κ1) is 22.3. The van der Waals surface area contributed by atoms with Gasteiger partial charge in [0, 0.05) is 42.7 Å². The van der Waals surface area contributed by atoms with E-state index in [1.807, 2.05) is 40.9 Å². The standard InChI is InChI=1S/C25H26ClN3O3S/c26-19-8-6-17(7-9-19)15-29-24(31)20-4-1-5-21(22(20)25(29)32)28-10-2-3-18(16-28)23(30)27-11-13-33-14-12-27/h1,4-9,18H,2-3,10-16H2/t18-/m1/s1. The summed E-state index contributed by atoms with van der Waals surface area (Å²) in [7, 11) is 0. The number of imide groups is 1. The second kappa shape index (κ2) is 9.39. The molecule has 0 saturated carbocycles. The smallest absolute Gasteiger partial charge is 0.263 e. The van der Waals surface area contributed by atoms with Crippen LogP contribution >= 0.6 is 23.4 Å². The third-order valence-corrected chi connectivity index (χ3v) is 7.86. The van der Waals surface area contributed by atoms with E-state index < -0.39 is 0 Å². The first-order chi connectivity index (χ1) is 16.0. The van der Waals surface area contributed by atoms with Crippen molar-refractivity contribution >= 4 is 46.8 Å². The van der Waals surface area contributed by atoms with Gasteiger partial charge in [-0.2, -0.15) is 11.8 Å². The summed E-state index contributed by atoms with van der Waals surface area (Å²) in [5.74, 6) is 1.59. The van der Waals surface area contributed by atoms with Crippen molar-refractivity contribution in [1.82, 2.24) is 9.80 Å². The van der Waals surface area contributed by atoms with E-state index in [2.05, 4.69) is 4.90 Å². The molecule has 2 saturated heterocycles. The minimum Gasteiger partial charge on any atom is -0.370 e. The number of amides is 3. The minimum atomic E-state index is -0.276. The highest BCUT2D eigenvalue weighted by Gasteiger charge is 2.39. The Morgan fingerprint density at radius 1 is 1.00 bits per heavy atom. The molecule has 0 spiro atoms. The number of fused-ring (bicyclic) bond motifs is 1. The second-order valence-electron chi connectivity index (χ2n) is 8.75. The Kier molecular flexibility index (Phi) is 6.34. The van der Waals surface area contributed by atoms with Crippen LogP contribution in [0.3, 0.4) is 0 Å². The summed E-state index contributed by atoms with van der Waals surface area (Å²) in [6, 6.07) is 12.6. The molecule has 0 N–H and O–H groups in total. The molecular weight excluding hydrogens is 458 g/mol. The van der Waals surface area contributed by atoms with E-state index >= 15 is 0 Å². The third kappa shape index (κ3) is 4.36. The van der Waals surface area contributed by atoms with Crippen molar-refractivity contribution in [3.63, 3.8) is 0 Å². The molecule has 3 aliphatic rings. The van der Waals surface area contributed by atoms with Crippen molar-refractivity contribution in [2.45, 2.75) is 19.4 Å². The highest BCUT2D eigenvalue weighted by atomic mass is 35.5. The maximum atomic E-state index is 13.4. The van der Waals surface area contributed by atoms with Crippen molar-refractivity contribution in [2.75, 3.05) is 42.6 Å². The predicted molar refractivity (Wildman–Crippen MR) is 131 cm³/mol. The van der Waals surface area contributed by atoms with E-state index in [1.54, 1.807) is 18.2 Å². The SMILES string of the molecule is O=C([C@@H]1CCCN(c2cccc3c2C(=O)N(Cc2ccc(Cl)cc2)C3=O)C1)N1CCSCC1. The van der Waals surface area contributed by atoms with Crippen LogP contribution < -0.4 is 4.90 Å². The fraction of sp³-hybridized carbons (Fsp3) is 0.400. The molecule has 0 bridgehead atoms. The van der Waals surface area contributed by atoms with Gasteiger partial charge >= 0.3 is 0 Å². The van der Waals surface area contributed by atoms with E-state index in [1.165, 1.54) is 4.90 Å². The van der Waals surface area contributed by atoms with Crippen LogP contribution in [0.2, 0.25) is 5.02 Å². The number of carbonyl (C=O) groups excluding carboxylic acids is 3. The first-order valence-electron chi connectivity index (χ1n) is 11.4. The molecule has 33 heavy (non-hydrogen) atoms. The molecule has 3 aliphatic heterocycles. The number of halogens is 1. The van der Waals surface area contributed by atoms with Crippen molar-refractivity contribution in [1.29, 1.82) is 0 Å². The van der Waals surface area contributed by atoms with Gasteiger partial charge in [0.25, 0.3) is 11.8 Å². The molecule has 0 aromatic heterocycles. The molecule has 0 radical (unpaired) electrons. The van der Waals surface area contributed by atoms with E-state index in [0.717, 1.165) is 55.2 Å². The van der Waals surface area contributed by atoms with Crippen LogP contribution in [0.15, 0.2) is 42.5 Å². The van der Waals surface area contributed by atoms with Crippen LogP contribution in [-0.2, 0) is 11.3 Å². The number of thioether (sulfide) groups is 1. The predicted octanol–water partition coefficient (Wildman–Crippen LogP) is 3.93. The third-order valence-electron chi connectivity index (χ3n) is 6.67. The number of benzene rings is 2. The molecule has 5 rings (SSSR count). The summed E-state index contributed by atoms with van der Waals surface area (Å²) in [4.78, 5) is 45.0. The van der Waals surface area contributed by atoms with Gasteiger partial charge in [-0.15, -0.1) is 0 Å². The highest BCUT2D eigenvalue weighted by molar-refractivity contribution is 7.99. The summed E-state index contributed by atoms with van der Waals surface area (Å²) in [5.41, 5.74) is 2.50. The fourth-order valence-corrected chi connectivity index (χ4v) is 5.96. The van der Waals surface area contributed by atoms with Crippen molar-refractivity contribution in [2.24, 2.45) is 5.92 Å². The molecule has 0 unspecified atom stereocenters. The molecule has 6 nitrogen and oxygen atoms in total. The lowest BCUT2D eigenvalue weighted by Gasteiger charge is -2.37. The molecule has 3 heterocycles. The van der Waals surface area contributed by atoms with Gasteiger partial charge in [-0.25, -0.2) is 0 Å². The van der Waals surface area contributed by atoms with Gasteiger partial charge in [0.15, 0.2) is 0 Å². The molecule has 0 aliphatic carbocycles. The quantitative estimate of drug-likeness (QED) is 0.617. The van der Waals surface area contributed by atoms with Crippen molar-refractivity contribution < 1.29 is 14.4 Å². The van der Waals surface area contributed by atoms with Gasteiger partial charge in [-0.05, 0) is 42.7 Å². The Morgan fingerprint density at radius 3 is 2.52 bits per heavy atom. The lowest BCUT2D eigenvalue weighted by atomic mass is 9.94. The van der Waals surface area contributed by atoms with Gasteiger partial charge in [-0.1, -0.05) is 29.8 Å². The largest absolute Gasteiger partial charge is 0.370 e. The average molecular weight is 484 g/mol. The van der Waals surface area contributed by atoms with Gasteiger partial charge in [-0.3, -0.25) is 19.3 Å². The Hall–Kier alpha value is -2.51. The van der Waals surface area contributed by atoms with E-state index in [0.29, 0.717) is 22.7 Å². The van der Waals surface area contributed by atoms with Crippen LogP contribution in [0.5, 0.6) is 0 Å². The zero-order chi connectivity index (χ0) is 22.9. The van der Waals surface area contributed by atoms with Crippen LogP contribution in [0.1, 0.15) is 39.1 Å². The van der Waals surface area contributed by atoms with E-state index in [-0.39, 0.29) is 30.2 Å². The number of nitrogens with zero attached hydrogens (tertiary/aromatic N) is 3. The van der Waals surface area contributed by atoms with E-state index in [4.69, 9.17) is 11.6 Å². The summed E-state index contributed by atoms with van der Waals surface area (Å²) < 4.78 is 0. The molecule has 8 heteroatoms. The monoisotopic (exact) mass is 483 g/mol. The Labute approximate surface area is 202 Å². The fourth-order valence-electron chi connectivity index (χ4n) is 4.93. The van der Waals surface area contributed by atoms with E-state index in [9.17, 15) is 14.4 Å². The van der Waals surface area contributed by atoms with Crippen LogP contribution in [0, 0.1) is 5.92 Å². The molecule has 1 atom stereocenters. The summed E-state index contributed by atoms with van der Waals surface area (Å²) in [6.45, 7) is 3.18. The zero-order valence-corrected chi connectivity index (χ0v) is 19.9. The van der Waals surface area contributed by atoms with Gasteiger partial charge in [0.2, 0.25) is 5.91 Å². The lowest BCUT2D eigenvalue weighted by molar-refractivity contribution is -0.135. The Bertz CT molecular complexity index is 1080. The van der Waals surface area contributed by atoms with Crippen LogP contribution in [0.25, 0.3) is 0 Å². The molecule has 172 valence electrons. The molecule has 3 amide bonds. The Morgan fingerprint density at radius 2 is 1.76 bits per heavy atom. The maximum Gasteiger partial charge on any atom is 0.263 e. The van der Waals surface area contributed by atoms with Crippen molar-refractivity contribution in [3.8, 4) is 0 Å². The highest BCUT2D eigenvalue weighted by Crippen LogP contribution is 2.35. The van der Waals surface area contributed by atoms with Crippen molar-refractivity contribution in [3.05, 3.63) is 64.2 Å². The second-order valence-corrected chi connectivity index (χ2v) is 10.4. The van der Waals surface area contributed by atoms with Gasteiger partial charge < -0.3 is 9.80 Å². The number of hydrogen-bond acceptors (Lipinski definition) is 5. The molecule has 2 fully saturated rings. The molecular formula is C25H26ClN3O3S. The number of anilines is 1. The maximum absolute atomic E-state index is 13.4. The van der Waals surface area contributed by atoms with Crippen LogP contribution in [-0.4, -0.2) is 65.2 Å². The lowest BCUT2D eigenvalue weighted by Crippen LogP contribution is -2.47. The first-order valence-corrected chi connectivity index (χ1v) is 12.9. The zero-order valence-electron chi connectivity index (χ0n) is 18.3. The van der Waals surface area contributed by atoms with Gasteiger partial charge in [0.1, 0.15) is 0 Å². The molecule has 2 aromatic carbocycles. The normalized spacial score (nSPS) is 20.9. The summed E-state index contributed by atoms with van der Waals surface area (Å²) >= 11 is 7.86. The molecule has 2 aromatic rings. The summed E-state index contributed by atoms with van der Waals surface area (Å²) in [5, 5.41) is 0.612. The Balaban J connectivity index is 1.37. The average Bonchev–Trinajstić information content (AvgIpc) is 3.10. The van der Waals surface area contributed by atoms with Crippen LogP contribution in [0.4, 0.5) is 5.69 Å². The topological polar surface area (TPSA) is 60.9 Å².